The van der Waals surface area contributed by atoms with Crippen LogP contribution in [0.4, 0.5) is 0 Å². The summed E-state index contributed by atoms with van der Waals surface area (Å²) >= 11 is 6.54. The van der Waals surface area contributed by atoms with Crippen LogP contribution in [-0.4, -0.2) is 31.5 Å². The number of amides is 1. The Hall–Kier alpha value is -2.18. The minimum absolute atomic E-state index is 0.0806. The maximum absolute atomic E-state index is 12.3. The maximum Gasteiger partial charge on any atom is 0.266 e. The lowest BCUT2D eigenvalue weighted by Crippen LogP contribution is -2.27. The minimum atomic E-state index is -0.0806. The molecular weight excluding hydrogens is 326 g/mol. The number of carbonyl (C=O) groups excluding carboxylic acids is 1. The number of nitrogens with zero attached hydrogens (tertiary/aromatic N) is 3. The zero-order valence-corrected chi connectivity index (χ0v) is 14.2. The zero-order valence-electron chi connectivity index (χ0n) is 12.6. The second kappa shape index (κ2) is 6.52. The second-order valence-electron chi connectivity index (χ2n) is 5.13. The van der Waals surface area contributed by atoms with Crippen molar-refractivity contribution in [2.24, 2.45) is 0 Å². The highest BCUT2D eigenvalue weighted by Gasteiger charge is 2.30. The standard InChI is InChI=1S/C17H15N3OS2/c1-3-8-19-16(21)15(23-17(19)22)9-13-10-18-20(11-13)14-6-4-12(2)5-7-14/h3-7,9-11H,1,8H2,2H3/b15-9-. The molecule has 2 aromatic rings. The van der Waals surface area contributed by atoms with Crippen LogP contribution in [-0.2, 0) is 4.79 Å². The molecule has 1 saturated heterocycles. The number of thioether (sulfide) groups is 1. The molecule has 3 rings (SSSR count). The SMILES string of the molecule is C=CCN1C(=O)/C(=C/c2cnn(-c3ccc(C)cc3)c2)SC1=S. The van der Waals surface area contributed by atoms with Gasteiger partial charge in [0.25, 0.3) is 5.91 Å². The van der Waals surface area contributed by atoms with Crippen molar-refractivity contribution >= 4 is 40.3 Å². The number of carbonyl (C=O) groups is 1. The van der Waals surface area contributed by atoms with Gasteiger partial charge in [-0.05, 0) is 25.1 Å². The van der Waals surface area contributed by atoms with Crippen molar-refractivity contribution in [2.45, 2.75) is 6.92 Å². The number of aryl methyl sites for hydroxylation is 1. The van der Waals surface area contributed by atoms with Gasteiger partial charge in [-0.25, -0.2) is 4.68 Å². The summed E-state index contributed by atoms with van der Waals surface area (Å²) in [6, 6.07) is 8.10. The Morgan fingerprint density at radius 2 is 2.09 bits per heavy atom. The van der Waals surface area contributed by atoms with Crippen molar-refractivity contribution in [3.8, 4) is 5.69 Å². The van der Waals surface area contributed by atoms with E-state index in [2.05, 4.69) is 11.7 Å². The predicted octanol–water partition coefficient (Wildman–Crippen LogP) is 3.57. The fourth-order valence-electron chi connectivity index (χ4n) is 2.19. The molecule has 0 spiro atoms. The van der Waals surface area contributed by atoms with Gasteiger partial charge < -0.3 is 0 Å². The second-order valence-corrected chi connectivity index (χ2v) is 6.81. The molecule has 0 saturated carbocycles. The Bertz CT molecular complexity index is 806. The molecule has 1 aliphatic heterocycles. The fourth-order valence-corrected chi connectivity index (χ4v) is 3.46. The van der Waals surface area contributed by atoms with Crippen LogP contribution in [0.3, 0.4) is 0 Å². The maximum atomic E-state index is 12.3. The Morgan fingerprint density at radius 3 is 2.78 bits per heavy atom. The molecule has 0 radical (unpaired) electrons. The van der Waals surface area contributed by atoms with Crippen molar-refractivity contribution < 1.29 is 4.79 Å². The zero-order chi connectivity index (χ0) is 16.4. The predicted molar refractivity (Wildman–Crippen MR) is 98.4 cm³/mol. The normalized spacial score (nSPS) is 16.4. The quantitative estimate of drug-likeness (QED) is 0.484. The van der Waals surface area contributed by atoms with Gasteiger partial charge in [0.2, 0.25) is 0 Å². The Kier molecular flexibility index (Phi) is 4.45. The first-order valence-electron chi connectivity index (χ1n) is 7.06. The average Bonchev–Trinajstić information content (AvgIpc) is 3.09. The fraction of sp³-hybridized carbons (Fsp3) is 0.118. The van der Waals surface area contributed by atoms with E-state index in [0.717, 1.165) is 11.3 Å². The van der Waals surface area contributed by atoms with Crippen molar-refractivity contribution in [3.05, 3.63) is 65.3 Å². The molecule has 23 heavy (non-hydrogen) atoms. The summed E-state index contributed by atoms with van der Waals surface area (Å²) < 4.78 is 2.35. The van der Waals surface area contributed by atoms with Crippen molar-refractivity contribution in [1.82, 2.24) is 14.7 Å². The van der Waals surface area contributed by atoms with Gasteiger partial charge >= 0.3 is 0 Å². The van der Waals surface area contributed by atoms with Crippen molar-refractivity contribution in [1.29, 1.82) is 0 Å². The number of benzene rings is 1. The largest absolute Gasteiger partial charge is 0.289 e. The van der Waals surface area contributed by atoms with E-state index in [1.807, 2.05) is 43.5 Å². The lowest BCUT2D eigenvalue weighted by atomic mass is 10.2. The van der Waals surface area contributed by atoms with E-state index in [0.29, 0.717) is 15.8 Å². The average molecular weight is 341 g/mol. The van der Waals surface area contributed by atoms with E-state index in [-0.39, 0.29) is 5.91 Å². The Morgan fingerprint density at radius 1 is 1.35 bits per heavy atom. The number of hydrogen-bond donors (Lipinski definition) is 0. The van der Waals surface area contributed by atoms with Gasteiger partial charge in [0, 0.05) is 18.3 Å². The summed E-state index contributed by atoms with van der Waals surface area (Å²) in [4.78, 5) is 14.5. The molecule has 2 heterocycles. The van der Waals surface area contributed by atoms with Crippen LogP contribution < -0.4 is 0 Å². The van der Waals surface area contributed by atoms with Crippen LogP contribution in [0.1, 0.15) is 11.1 Å². The molecule has 6 heteroatoms. The summed E-state index contributed by atoms with van der Waals surface area (Å²) in [6.45, 7) is 6.13. The Labute approximate surface area is 144 Å². The summed E-state index contributed by atoms with van der Waals surface area (Å²) in [5.41, 5.74) is 3.05. The van der Waals surface area contributed by atoms with Crippen molar-refractivity contribution in [3.63, 3.8) is 0 Å². The number of aromatic nitrogens is 2. The van der Waals surface area contributed by atoms with Gasteiger partial charge in [-0.15, -0.1) is 6.58 Å². The summed E-state index contributed by atoms with van der Waals surface area (Å²) in [6.07, 6.45) is 7.12. The van der Waals surface area contributed by atoms with Gasteiger partial charge in [0.05, 0.1) is 16.8 Å². The third-order valence-corrected chi connectivity index (χ3v) is 4.76. The van der Waals surface area contributed by atoms with E-state index in [1.54, 1.807) is 21.9 Å². The molecule has 1 fully saturated rings. The first kappa shape index (κ1) is 15.7. The molecule has 1 amide bonds. The first-order valence-corrected chi connectivity index (χ1v) is 8.29. The van der Waals surface area contributed by atoms with Crippen LogP contribution in [0.25, 0.3) is 11.8 Å². The summed E-state index contributed by atoms with van der Waals surface area (Å²) in [7, 11) is 0. The Balaban J connectivity index is 1.84. The van der Waals surface area contributed by atoms with Gasteiger partial charge in [-0.2, -0.15) is 5.10 Å². The molecule has 116 valence electrons. The van der Waals surface area contributed by atoms with E-state index in [4.69, 9.17) is 12.2 Å². The summed E-state index contributed by atoms with van der Waals surface area (Å²) in [5, 5.41) is 4.35. The molecule has 0 bridgehead atoms. The molecule has 1 aliphatic rings. The van der Waals surface area contributed by atoms with Crippen LogP contribution in [0.2, 0.25) is 0 Å². The van der Waals surface area contributed by atoms with Gasteiger partial charge in [0.1, 0.15) is 4.32 Å². The highest BCUT2D eigenvalue weighted by Crippen LogP contribution is 2.32. The van der Waals surface area contributed by atoms with Crippen molar-refractivity contribution in [2.75, 3.05) is 6.54 Å². The van der Waals surface area contributed by atoms with E-state index < -0.39 is 0 Å². The topological polar surface area (TPSA) is 38.1 Å². The molecule has 1 aromatic heterocycles. The smallest absolute Gasteiger partial charge is 0.266 e. The lowest BCUT2D eigenvalue weighted by molar-refractivity contribution is -0.121. The van der Waals surface area contributed by atoms with Gasteiger partial charge in [-0.3, -0.25) is 9.69 Å². The number of thiocarbonyl (C=S) groups is 1. The van der Waals surface area contributed by atoms with Gasteiger partial charge in [-0.1, -0.05) is 47.8 Å². The van der Waals surface area contributed by atoms with E-state index in [9.17, 15) is 4.79 Å². The minimum Gasteiger partial charge on any atom is -0.289 e. The first-order chi connectivity index (χ1) is 11.1. The van der Waals surface area contributed by atoms with Crippen LogP contribution in [0.5, 0.6) is 0 Å². The van der Waals surface area contributed by atoms with Crippen LogP contribution in [0.15, 0.2) is 54.2 Å². The molecule has 4 nitrogen and oxygen atoms in total. The molecule has 0 N–H and O–H groups in total. The van der Waals surface area contributed by atoms with E-state index in [1.165, 1.54) is 17.3 Å². The third-order valence-electron chi connectivity index (χ3n) is 3.38. The highest BCUT2D eigenvalue weighted by atomic mass is 32.2. The number of hydrogen-bond acceptors (Lipinski definition) is 4. The monoisotopic (exact) mass is 341 g/mol. The summed E-state index contributed by atoms with van der Waals surface area (Å²) in [5.74, 6) is -0.0806. The van der Waals surface area contributed by atoms with E-state index >= 15 is 0 Å². The molecule has 1 aromatic carbocycles. The van der Waals surface area contributed by atoms with Crippen LogP contribution >= 0.6 is 24.0 Å². The molecule has 0 unspecified atom stereocenters. The third kappa shape index (κ3) is 3.28. The number of rotatable bonds is 4. The highest BCUT2D eigenvalue weighted by molar-refractivity contribution is 8.26. The molecular formula is C17H15N3OS2. The molecule has 0 aliphatic carbocycles. The molecule has 0 atom stereocenters. The van der Waals surface area contributed by atoms with Gasteiger partial charge in [0.15, 0.2) is 0 Å². The van der Waals surface area contributed by atoms with Crippen LogP contribution in [0, 0.1) is 6.92 Å². The lowest BCUT2D eigenvalue weighted by Gasteiger charge is -2.10.